The number of H-pyrrole nitrogens is 1. The summed E-state index contributed by atoms with van der Waals surface area (Å²) in [7, 11) is -12.0. The lowest BCUT2D eigenvalue weighted by Gasteiger charge is -2.16. The van der Waals surface area contributed by atoms with Crippen molar-refractivity contribution in [3.05, 3.63) is 52.7 Å². The van der Waals surface area contributed by atoms with Crippen LogP contribution in [0.5, 0.6) is 0 Å². The van der Waals surface area contributed by atoms with E-state index in [9.17, 15) is 34.5 Å². The van der Waals surface area contributed by atoms with Crippen LogP contribution in [0.2, 0.25) is 0 Å². The van der Waals surface area contributed by atoms with Crippen molar-refractivity contribution in [2.24, 2.45) is 0 Å². The molecule has 3 heterocycles. The highest BCUT2D eigenvalue weighted by Crippen LogP contribution is 2.46. The summed E-state index contributed by atoms with van der Waals surface area (Å²) in [6.45, 7) is 27.6. The van der Waals surface area contributed by atoms with Gasteiger partial charge in [-0.15, -0.1) is 0 Å². The Labute approximate surface area is 287 Å². The first-order valence-electron chi connectivity index (χ1n) is 14.0. The van der Waals surface area contributed by atoms with Crippen molar-refractivity contribution >= 4 is 69.0 Å². The second-order valence-electron chi connectivity index (χ2n) is 14.6. The van der Waals surface area contributed by atoms with Gasteiger partial charge in [-0.25, -0.2) is 0 Å². The lowest BCUT2D eigenvalue weighted by atomic mass is 9.91. The third kappa shape index (κ3) is 14.3. The maximum Gasteiger partial charge on any atom is 0.673 e. The minimum Gasteiger partial charge on any atom is -0.418 e. The molecule has 0 bridgehead atoms. The van der Waals surface area contributed by atoms with Crippen molar-refractivity contribution in [2.45, 2.75) is 105 Å². The second kappa shape index (κ2) is 14.6. The standard InChI is InChI=1S/C30H41Br2NS2.2BF4/c1-27(2,3)19-13-17(14-20(34-19)28(4,5)6)25-23(31)24(32)26(33-25)18-15-21(29(7,8)9)35-22(16-18)30(10,11)12;2*2-1(3,4)5/h13-16,33H,1-12H3;;/q+2;2*-1. The largest absolute Gasteiger partial charge is 0.673 e. The summed E-state index contributed by atoms with van der Waals surface area (Å²) < 4.78 is 80.1. The molecule has 0 spiro atoms. The molecule has 0 unspecified atom stereocenters. The molecule has 15 heteroatoms. The minimum atomic E-state index is -6.00. The quantitative estimate of drug-likeness (QED) is 0.151. The maximum absolute atomic E-state index is 9.75. The fourth-order valence-electron chi connectivity index (χ4n) is 3.62. The number of rotatable bonds is 2. The molecule has 0 atom stereocenters. The van der Waals surface area contributed by atoms with E-state index in [-0.39, 0.29) is 21.7 Å². The van der Waals surface area contributed by atoms with Crippen molar-refractivity contribution in [1.82, 2.24) is 4.98 Å². The number of aromatic amines is 1. The number of aromatic nitrogens is 1. The monoisotopic (exact) mass is 811 g/mol. The van der Waals surface area contributed by atoms with Gasteiger partial charge in [-0.2, -0.15) is 0 Å². The van der Waals surface area contributed by atoms with E-state index in [1.165, 1.54) is 30.6 Å². The van der Waals surface area contributed by atoms with Crippen LogP contribution in [-0.2, 0) is 21.7 Å². The summed E-state index contributed by atoms with van der Waals surface area (Å²) >= 11 is 11.7. The Morgan fingerprint density at radius 3 is 0.800 bits per heavy atom. The molecule has 1 nitrogen and oxygen atoms in total. The molecule has 1 N–H and O–H groups in total. The third-order valence-electron chi connectivity index (χ3n) is 6.00. The Morgan fingerprint density at radius 1 is 0.467 bits per heavy atom. The first-order valence-corrected chi connectivity index (χ1v) is 17.2. The van der Waals surface area contributed by atoms with E-state index in [4.69, 9.17) is 0 Å². The summed E-state index contributed by atoms with van der Waals surface area (Å²) in [6.07, 6.45) is 0. The van der Waals surface area contributed by atoms with E-state index >= 15 is 0 Å². The Bertz CT molecular complexity index is 1280. The number of hydrogen-bond donors (Lipinski definition) is 1. The first-order chi connectivity index (χ1) is 19.7. The van der Waals surface area contributed by atoms with E-state index in [0.717, 1.165) is 20.3 Å². The van der Waals surface area contributed by atoms with E-state index in [0.29, 0.717) is 0 Å². The number of hydrogen-bond acceptors (Lipinski definition) is 0. The molecule has 3 rings (SSSR count). The highest BCUT2D eigenvalue weighted by atomic mass is 79.9. The molecule has 45 heavy (non-hydrogen) atoms. The summed E-state index contributed by atoms with van der Waals surface area (Å²) in [5.74, 6) is 0. The summed E-state index contributed by atoms with van der Waals surface area (Å²) in [5.41, 5.74) is 5.05. The minimum absolute atomic E-state index is 0.0871. The Kier molecular flexibility index (Phi) is 13.6. The second-order valence-corrected chi connectivity index (χ2v) is 18.4. The van der Waals surface area contributed by atoms with Crippen molar-refractivity contribution in [3.63, 3.8) is 0 Å². The zero-order chi connectivity index (χ0) is 35.7. The first kappa shape index (κ1) is 42.0. The number of halogens is 10. The van der Waals surface area contributed by atoms with Crippen molar-refractivity contribution < 1.29 is 34.5 Å². The Balaban J connectivity index is 0.000000877. The van der Waals surface area contributed by atoms with Gasteiger partial charge in [0.2, 0.25) is 42.2 Å². The Morgan fingerprint density at radius 2 is 0.644 bits per heavy atom. The van der Waals surface area contributed by atoms with Crippen LogP contribution in [0.1, 0.15) is 103 Å². The molecule has 3 aromatic heterocycles. The van der Waals surface area contributed by atoms with Crippen LogP contribution in [0.25, 0.3) is 22.5 Å². The van der Waals surface area contributed by atoms with Crippen molar-refractivity contribution in [1.29, 1.82) is 0 Å². The smallest absolute Gasteiger partial charge is 0.418 e. The maximum atomic E-state index is 9.75. The van der Waals surface area contributed by atoms with E-state index in [2.05, 4.69) is 144 Å². The molecule has 0 amide bonds. The normalized spacial score (nSPS) is 13.1. The molecular formula is C30H41B2Br2F8NS2. The number of nitrogens with one attached hydrogen (secondary N) is 1. The van der Waals surface area contributed by atoms with Gasteiger partial charge in [-0.3, -0.25) is 0 Å². The van der Waals surface area contributed by atoms with Gasteiger partial charge in [0.15, 0.2) is 0 Å². The Hall–Kier alpha value is -1.05. The molecule has 0 saturated heterocycles. The molecular weight excluding hydrogens is 772 g/mol. The molecule has 254 valence electrons. The van der Waals surface area contributed by atoms with Crippen LogP contribution in [0.3, 0.4) is 0 Å². The predicted octanol–water partition coefficient (Wildman–Crippen LogP) is 14.3. The van der Waals surface area contributed by atoms with Crippen LogP contribution < -0.4 is 0 Å². The van der Waals surface area contributed by atoms with E-state index in [1.54, 1.807) is 0 Å². The zero-order valence-corrected chi connectivity index (χ0v) is 32.4. The topological polar surface area (TPSA) is 15.8 Å². The van der Waals surface area contributed by atoms with Crippen molar-refractivity contribution in [2.75, 3.05) is 0 Å². The fourth-order valence-corrected chi connectivity index (χ4v) is 7.12. The van der Waals surface area contributed by atoms with Gasteiger partial charge in [0.05, 0.1) is 20.3 Å². The molecule has 0 saturated carbocycles. The average molecular weight is 813 g/mol. The summed E-state index contributed by atoms with van der Waals surface area (Å²) in [4.78, 5) is 9.39. The molecule has 0 fully saturated rings. The lowest BCUT2D eigenvalue weighted by molar-refractivity contribution is 0.366. The predicted molar refractivity (Wildman–Crippen MR) is 187 cm³/mol. The van der Waals surface area contributed by atoms with Crippen LogP contribution in [0.4, 0.5) is 34.5 Å². The van der Waals surface area contributed by atoms with Crippen LogP contribution in [0.15, 0.2) is 33.2 Å². The van der Waals surface area contributed by atoms with Gasteiger partial charge < -0.3 is 39.5 Å². The molecule has 0 radical (unpaired) electrons. The highest BCUT2D eigenvalue weighted by Gasteiger charge is 2.35. The summed E-state index contributed by atoms with van der Waals surface area (Å²) in [5, 5.41) is 0. The lowest BCUT2D eigenvalue weighted by Crippen LogP contribution is -2.14. The average Bonchev–Trinajstić information content (AvgIpc) is 3.08. The molecule has 0 aliphatic rings. The van der Waals surface area contributed by atoms with Gasteiger partial charge >= 0.3 is 14.5 Å². The van der Waals surface area contributed by atoms with Crippen molar-refractivity contribution in [3.8, 4) is 22.5 Å². The van der Waals surface area contributed by atoms with Crippen LogP contribution in [0, 0.1) is 0 Å². The van der Waals surface area contributed by atoms with E-state index < -0.39 is 14.5 Å². The van der Waals surface area contributed by atoms with Gasteiger partial charge in [0, 0.05) is 57.1 Å². The molecule has 3 aromatic rings. The molecule has 0 aromatic carbocycles. The third-order valence-corrected chi connectivity index (χ3v) is 11.9. The zero-order valence-electron chi connectivity index (χ0n) is 27.6. The van der Waals surface area contributed by atoms with Crippen LogP contribution >= 0.6 is 54.5 Å². The van der Waals surface area contributed by atoms with E-state index in [1.807, 2.05) is 22.7 Å². The molecule has 0 aliphatic carbocycles. The van der Waals surface area contributed by atoms with Gasteiger partial charge in [-0.05, 0) is 31.9 Å². The highest BCUT2D eigenvalue weighted by molar-refractivity contribution is 9.13. The summed E-state index contributed by atoms with van der Waals surface area (Å²) in [6, 6.07) is 9.45. The van der Waals surface area contributed by atoms with Gasteiger partial charge in [-0.1, -0.05) is 83.1 Å². The van der Waals surface area contributed by atoms with Crippen LogP contribution in [-0.4, -0.2) is 19.5 Å². The molecule has 0 aliphatic heterocycles. The fraction of sp³-hybridized carbons (Fsp3) is 0.533. The van der Waals surface area contributed by atoms with Gasteiger partial charge in [0.1, 0.15) is 0 Å². The van der Waals surface area contributed by atoms with Gasteiger partial charge in [0.25, 0.3) is 0 Å². The SMILES string of the molecule is CC(C)(C)c1cc(-c2[nH]c(-c3cc(C(C)(C)C)[s+]c(C(C)(C)C)c3)c(Br)c2Br)cc(C(C)(C)C)[s+]1.F[B-](F)(F)F.F[B-](F)(F)F.